The molecule has 0 aromatic carbocycles. The van der Waals surface area contributed by atoms with Crippen molar-refractivity contribution in [2.75, 3.05) is 0 Å². The Morgan fingerprint density at radius 1 is 1.88 bits per heavy atom. The van der Waals surface area contributed by atoms with E-state index in [0.29, 0.717) is 0 Å². The average molecular weight is 116 g/mol. The molecule has 4 N–H and O–H groups in total. The fourth-order valence-corrected chi connectivity index (χ4v) is 0.155. The van der Waals surface area contributed by atoms with Gasteiger partial charge in [0.15, 0.2) is 0 Å². The van der Waals surface area contributed by atoms with Gasteiger partial charge in [0.25, 0.3) is 0 Å². The molecule has 0 atom stereocenters. The molecule has 46 valence electrons. The van der Waals surface area contributed by atoms with Gasteiger partial charge in [-0.1, -0.05) is 0 Å². The number of nitrogens with zero attached hydrogens (tertiary/aromatic N) is 1. The molecule has 0 aliphatic heterocycles. The molecular weight excluding hydrogens is 108 g/mol. The second kappa shape index (κ2) is 4.07. The predicted molar refractivity (Wildman–Crippen MR) is 30.0 cm³/mol. The van der Waals surface area contributed by atoms with Crippen LogP contribution >= 0.6 is 0 Å². The van der Waals surface area contributed by atoms with E-state index in [1.807, 2.05) is 5.43 Å². The maximum atomic E-state index is 10.1. The number of carbonyl (C=O) groups is 1. The molecule has 2 amide bonds. The SMILES string of the molecule is CC=NNC(=O)NN. The second-order valence-electron chi connectivity index (χ2n) is 0.973. The fraction of sp³-hybridized carbons (Fsp3) is 0.333. The zero-order valence-electron chi connectivity index (χ0n) is 4.51. The summed E-state index contributed by atoms with van der Waals surface area (Å²) in [7, 11) is 0. The van der Waals surface area contributed by atoms with Gasteiger partial charge in [-0.05, 0) is 6.92 Å². The van der Waals surface area contributed by atoms with Crippen molar-refractivity contribution in [2.24, 2.45) is 10.9 Å². The summed E-state index contributed by atoms with van der Waals surface area (Å²) in [5.74, 6) is 4.68. The second-order valence-corrected chi connectivity index (χ2v) is 0.973. The summed E-state index contributed by atoms with van der Waals surface area (Å²) in [4.78, 5) is 10.1. The van der Waals surface area contributed by atoms with Crippen LogP contribution in [0.5, 0.6) is 0 Å². The van der Waals surface area contributed by atoms with Gasteiger partial charge in [0.05, 0.1) is 0 Å². The van der Waals surface area contributed by atoms with Gasteiger partial charge in [0, 0.05) is 6.21 Å². The molecule has 0 fully saturated rings. The third-order valence-electron chi connectivity index (χ3n) is 0.426. The molecule has 0 aromatic rings. The van der Waals surface area contributed by atoms with Gasteiger partial charge in [-0.2, -0.15) is 5.10 Å². The number of nitrogens with two attached hydrogens (primary N) is 1. The summed E-state index contributed by atoms with van der Waals surface area (Å²) < 4.78 is 0. The zero-order valence-corrected chi connectivity index (χ0v) is 4.51. The minimum Gasteiger partial charge on any atom is -0.274 e. The predicted octanol–water partition coefficient (Wildman–Crippen LogP) is -0.835. The van der Waals surface area contributed by atoms with Crippen LogP contribution < -0.4 is 16.7 Å². The molecule has 0 spiro atoms. The van der Waals surface area contributed by atoms with Crippen molar-refractivity contribution >= 4 is 12.2 Å². The fourth-order valence-electron chi connectivity index (χ4n) is 0.155. The monoisotopic (exact) mass is 116 g/mol. The zero-order chi connectivity index (χ0) is 6.41. The Morgan fingerprint density at radius 3 is 2.88 bits per heavy atom. The molecule has 8 heavy (non-hydrogen) atoms. The Kier molecular flexibility index (Phi) is 3.51. The summed E-state index contributed by atoms with van der Waals surface area (Å²) in [5, 5.41) is 3.38. The van der Waals surface area contributed by atoms with Gasteiger partial charge in [-0.15, -0.1) is 0 Å². The molecule has 0 radical (unpaired) electrons. The first-order valence-electron chi connectivity index (χ1n) is 2.05. The molecule has 0 aromatic heterocycles. The molecule has 0 aliphatic rings. The highest BCUT2D eigenvalue weighted by atomic mass is 16.2. The summed E-state index contributed by atoms with van der Waals surface area (Å²) in [5.41, 5.74) is 3.91. The highest BCUT2D eigenvalue weighted by molar-refractivity contribution is 5.73. The number of carbonyl (C=O) groups excluding carboxylic acids is 1. The number of rotatable bonds is 1. The number of hydrogen-bond acceptors (Lipinski definition) is 3. The first-order chi connectivity index (χ1) is 3.81. The Balaban J connectivity index is 3.25. The normalized spacial score (nSPS) is 9.25. The highest BCUT2D eigenvalue weighted by Gasteiger charge is 1.86. The standard InChI is InChI=1S/C3H8N4O/c1-2-5-7-3(8)6-4/h2H,4H2,1H3,(H2,6,7,8). The van der Waals surface area contributed by atoms with Crippen LogP contribution in [0.25, 0.3) is 0 Å². The number of hydrazine groups is 1. The van der Waals surface area contributed by atoms with Crippen LogP contribution in [-0.4, -0.2) is 12.2 Å². The third kappa shape index (κ3) is 3.10. The quantitative estimate of drug-likeness (QED) is 0.181. The maximum Gasteiger partial charge on any atom is 0.349 e. The van der Waals surface area contributed by atoms with Gasteiger partial charge in [-0.3, -0.25) is 5.43 Å². The van der Waals surface area contributed by atoms with Gasteiger partial charge < -0.3 is 0 Å². The number of hydrogen-bond donors (Lipinski definition) is 3. The summed E-state index contributed by atoms with van der Waals surface area (Å²) >= 11 is 0. The van der Waals surface area contributed by atoms with E-state index >= 15 is 0 Å². The Morgan fingerprint density at radius 2 is 2.50 bits per heavy atom. The first-order valence-corrected chi connectivity index (χ1v) is 2.05. The van der Waals surface area contributed by atoms with E-state index in [1.165, 1.54) is 6.21 Å². The van der Waals surface area contributed by atoms with Crippen LogP contribution in [0.2, 0.25) is 0 Å². The Hall–Kier alpha value is -1.10. The smallest absolute Gasteiger partial charge is 0.274 e. The molecule has 0 saturated heterocycles. The molecule has 0 saturated carbocycles. The Bertz CT molecular complexity index is 99.5. The van der Waals surface area contributed by atoms with Crippen LogP contribution in [0.4, 0.5) is 4.79 Å². The van der Waals surface area contributed by atoms with E-state index in [4.69, 9.17) is 0 Å². The summed E-state index contributed by atoms with van der Waals surface area (Å²) in [6.07, 6.45) is 1.44. The lowest BCUT2D eigenvalue weighted by Gasteiger charge is -1.92. The minimum atomic E-state index is -0.525. The topological polar surface area (TPSA) is 79.5 Å². The summed E-state index contributed by atoms with van der Waals surface area (Å²) in [6, 6.07) is -0.525. The lowest BCUT2D eigenvalue weighted by Crippen LogP contribution is -2.37. The van der Waals surface area contributed by atoms with E-state index in [2.05, 4.69) is 16.4 Å². The van der Waals surface area contributed by atoms with E-state index < -0.39 is 6.03 Å². The van der Waals surface area contributed by atoms with Crippen LogP contribution in [0.1, 0.15) is 6.92 Å². The molecule has 5 heteroatoms. The molecule has 0 rings (SSSR count). The number of urea groups is 1. The minimum absolute atomic E-state index is 0.525. The lowest BCUT2D eigenvalue weighted by molar-refractivity contribution is 0.241. The molecule has 5 nitrogen and oxygen atoms in total. The van der Waals surface area contributed by atoms with Crippen molar-refractivity contribution in [3.05, 3.63) is 0 Å². The first kappa shape index (κ1) is 6.90. The molecule has 0 aliphatic carbocycles. The number of nitrogens with one attached hydrogen (secondary N) is 2. The molecule has 0 heterocycles. The molecule has 0 bridgehead atoms. The van der Waals surface area contributed by atoms with Gasteiger partial charge in [0.1, 0.15) is 0 Å². The van der Waals surface area contributed by atoms with Crippen molar-refractivity contribution in [3.63, 3.8) is 0 Å². The number of amides is 2. The van der Waals surface area contributed by atoms with E-state index in [1.54, 1.807) is 6.92 Å². The van der Waals surface area contributed by atoms with E-state index in [-0.39, 0.29) is 0 Å². The van der Waals surface area contributed by atoms with Gasteiger partial charge in [-0.25, -0.2) is 16.1 Å². The molecule has 0 unspecified atom stereocenters. The average Bonchev–Trinajstić information content (AvgIpc) is 1.83. The van der Waals surface area contributed by atoms with Crippen molar-refractivity contribution in [3.8, 4) is 0 Å². The maximum absolute atomic E-state index is 10.1. The van der Waals surface area contributed by atoms with Crippen molar-refractivity contribution < 1.29 is 4.79 Å². The van der Waals surface area contributed by atoms with Crippen LogP contribution in [-0.2, 0) is 0 Å². The molecular formula is C3H8N4O. The van der Waals surface area contributed by atoms with Crippen molar-refractivity contribution in [2.45, 2.75) is 6.92 Å². The van der Waals surface area contributed by atoms with Gasteiger partial charge in [0.2, 0.25) is 0 Å². The number of hydrazone groups is 1. The van der Waals surface area contributed by atoms with Gasteiger partial charge >= 0.3 is 6.03 Å². The van der Waals surface area contributed by atoms with Crippen molar-refractivity contribution in [1.82, 2.24) is 10.9 Å². The van der Waals surface area contributed by atoms with Crippen LogP contribution in [0, 0.1) is 0 Å². The lowest BCUT2D eigenvalue weighted by atomic mass is 10.9. The highest BCUT2D eigenvalue weighted by Crippen LogP contribution is 1.56. The van der Waals surface area contributed by atoms with E-state index in [9.17, 15) is 4.79 Å². The van der Waals surface area contributed by atoms with E-state index in [0.717, 1.165) is 0 Å². The van der Waals surface area contributed by atoms with Crippen molar-refractivity contribution in [1.29, 1.82) is 0 Å². The third-order valence-corrected chi connectivity index (χ3v) is 0.426. The summed E-state index contributed by atoms with van der Waals surface area (Å²) in [6.45, 7) is 1.68. The Labute approximate surface area is 46.9 Å². The van der Waals surface area contributed by atoms with Crippen LogP contribution in [0.15, 0.2) is 5.10 Å². The van der Waals surface area contributed by atoms with Crippen LogP contribution in [0.3, 0.4) is 0 Å². The largest absolute Gasteiger partial charge is 0.349 e.